The van der Waals surface area contributed by atoms with Gasteiger partial charge in [-0.1, -0.05) is 6.07 Å². The normalized spacial score (nSPS) is 23.7. The second-order valence-corrected chi connectivity index (χ2v) is 5.06. The highest BCUT2D eigenvalue weighted by atomic mass is 32.1. The zero-order chi connectivity index (χ0) is 13.1. The predicted octanol–water partition coefficient (Wildman–Crippen LogP) is 0.808. The van der Waals surface area contributed by atoms with Crippen LogP contribution in [-0.4, -0.2) is 45.7 Å². The lowest BCUT2D eigenvalue weighted by Crippen LogP contribution is -2.39. The van der Waals surface area contributed by atoms with Crippen molar-refractivity contribution in [1.29, 1.82) is 0 Å². The molecule has 1 aromatic heterocycles. The molecular formula is C12H13NO4S. The van der Waals surface area contributed by atoms with E-state index >= 15 is 0 Å². The van der Waals surface area contributed by atoms with Gasteiger partial charge in [-0.3, -0.25) is 4.79 Å². The Balaban J connectivity index is 2.06. The molecule has 1 saturated heterocycles. The van der Waals surface area contributed by atoms with Crippen molar-refractivity contribution >= 4 is 29.3 Å². The number of rotatable bonds is 3. The van der Waals surface area contributed by atoms with Gasteiger partial charge < -0.3 is 15.1 Å². The minimum atomic E-state index is -1.08. The maximum absolute atomic E-state index is 11.9. The first-order valence-corrected chi connectivity index (χ1v) is 6.39. The third-order valence-corrected chi connectivity index (χ3v) is 3.62. The Morgan fingerprint density at radius 2 is 2.28 bits per heavy atom. The van der Waals surface area contributed by atoms with E-state index in [1.807, 2.05) is 17.5 Å². The minimum absolute atomic E-state index is 0.0740. The van der Waals surface area contributed by atoms with E-state index in [-0.39, 0.29) is 18.9 Å². The summed E-state index contributed by atoms with van der Waals surface area (Å²) >= 11 is 1.49. The molecule has 0 aromatic carbocycles. The van der Waals surface area contributed by atoms with E-state index in [4.69, 9.17) is 5.11 Å². The molecule has 2 rings (SSSR count). The SMILES string of the molecule is O=C(O)[C@H]1C[C@@H](O)CN1C(=O)C=Cc1cccs1. The number of carbonyl (C=O) groups is 2. The average molecular weight is 267 g/mol. The summed E-state index contributed by atoms with van der Waals surface area (Å²) in [6, 6.07) is 2.80. The number of aliphatic carboxylic acids is 1. The summed E-state index contributed by atoms with van der Waals surface area (Å²) < 4.78 is 0. The van der Waals surface area contributed by atoms with E-state index in [2.05, 4.69) is 0 Å². The van der Waals surface area contributed by atoms with Gasteiger partial charge in [0.05, 0.1) is 6.10 Å². The number of aliphatic hydroxyl groups excluding tert-OH is 1. The van der Waals surface area contributed by atoms with E-state index in [9.17, 15) is 14.7 Å². The Morgan fingerprint density at radius 1 is 1.50 bits per heavy atom. The van der Waals surface area contributed by atoms with Crippen molar-refractivity contribution < 1.29 is 19.8 Å². The molecule has 1 fully saturated rings. The van der Waals surface area contributed by atoms with Crippen LogP contribution >= 0.6 is 11.3 Å². The van der Waals surface area contributed by atoms with Gasteiger partial charge >= 0.3 is 5.97 Å². The zero-order valence-corrected chi connectivity index (χ0v) is 10.3. The molecule has 2 heterocycles. The Hall–Kier alpha value is -1.66. The molecule has 2 N–H and O–H groups in total. The van der Waals surface area contributed by atoms with Crippen molar-refractivity contribution in [3.05, 3.63) is 28.5 Å². The van der Waals surface area contributed by atoms with Crippen LogP contribution in [0.5, 0.6) is 0 Å². The topological polar surface area (TPSA) is 77.8 Å². The number of hydrogen-bond acceptors (Lipinski definition) is 4. The van der Waals surface area contributed by atoms with E-state index in [0.29, 0.717) is 0 Å². The van der Waals surface area contributed by atoms with Crippen molar-refractivity contribution in [3.8, 4) is 0 Å². The molecule has 0 spiro atoms. The lowest BCUT2D eigenvalue weighted by atomic mass is 10.2. The highest BCUT2D eigenvalue weighted by Gasteiger charge is 2.37. The molecule has 0 unspecified atom stereocenters. The van der Waals surface area contributed by atoms with Crippen LogP contribution in [0.4, 0.5) is 0 Å². The van der Waals surface area contributed by atoms with E-state index in [1.54, 1.807) is 6.08 Å². The summed E-state index contributed by atoms with van der Waals surface area (Å²) in [5.74, 6) is -1.46. The second-order valence-electron chi connectivity index (χ2n) is 4.08. The molecule has 1 aromatic rings. The number of amides is 1. The molecule has 6 heteroatoms. The summed E-state index contributed by atoms with van der Waals surface area (Å²) in [6.07, 6.45) is 2.33. The van der Waals surface area contributed by atoms with Crippen molar-refractivity contribution in [2.75, 3.05) is 6.54 Å². The molecule has 1 amide bonds. The van der Waals surface area contributed by atoms with Crippen LogP contribution in [0.25, 0.3) is 6.08 Å². The summed E-state index contributed by atoms with van der Waals surface area (Å²) in [5, 5.41) is 20.3. The standard InChI is InChI=1S/C12H13NO4S/c14-8-6-10(12(16)17)13(7-8)11(15)4-3-9-2-1-5-18-9/h1-5,8,10,14H,6-7H2,(H,16,17)/t8-,10-/m1/s1. The quantitative estimate of drug-likeness (QED) is 0.794. The zero-order valence-electron chi connectivity index (χ0n) is 9.52. The molecule has 0 bridgehead atoms. The fourth-order valence-corrected chi connectivity index (χ4v) is 2.54. The summed E-state index contributed by atoms with van der Waals surface area (Å²) in [4.78, 5) is 25.0. The molecule has 2 atom stereocenters. The predicted molar refractivity (Wildman–Crippen MR) is 67.1 cm³/mol. The Bertz CT molecular complexity index is 468. The highest BCUT2D eigenvalue weighted by Crippen LogP contribution is 2.19. The van der Waals surface area contributed by atoms with Crippen LogP contribution in [-0.2, 0) is 9.59 Å². The highest BCUT2D eigenvalue weighted by molar-refractivity contribution is 7.10. The Kier molecular flexibility index (Phi) is 3.78. The van der Waals surface area contributed by atoms with Gasteiger partial charge in [-0.25, -0.2) is 4.79 Å². The molecule has 1 aliphatic rings. The Labute approximate surface area is 108 Å². The molecule has 0 aliphatic carbocycles. The minimum Gasteiger partial charge on any atom is -0.480 e. The van der Waals surface area contributed by atoms with Crippen LogP contribution in [0.2, 0.25) is 0 Å². The van der Waals surface area contributed by atoms with E-state index in [0.717, 1.165) is 4.88 Å². The van der Waals surface area contributed by atoms with E-state index in [1.165, 1.54) is 22.3 Å². The molecule has 5 nitrogen and oxygen atoms in total. The van der Waals surface area contributed by atoms with Crippen molar-refractivity contribution in [3.63, 3.8) is 0 Å². The molecular weight excluding hydrogens is 254 g/mol. The van der Waals surface area contributed by atoms with Gasteiger partial charge in [-0.05, 0) is 17.5 Å². The number of aliphatic hydroxyl groups is 1. The molecule has 0 saturated carbocycles. The number of carboxylic acids is 1. The third kappa shape index (κ3) is 2.77. The number of thiophene rings is 1. The fraction of sp³-hybridized carbons (Fsp3) is 0.333. The largest absolute Gasteiger partial charge is 0.480 e. The van der Waals surface area contributed by atoms with Crippen molar-refractivity contribution in [2.24, 2.45) is 0 Å². The first-order chi connectivity index (χ1) is 8.58. The van der Waals surface area contributed by atoms with Gasteiger partial charge in [-0.15, -0.1) is 11.3 Å². The van der Waals surface area contributed by atoms with Crippen molar-refractivity contribution in [1.82, 2.24) is 4.90 Å². The number of carboxylic acid groups (broad SMARTS) is 1. The van der Waals surface area contributed by atoms with Crippen LogP contribution in [0, 0.1) is 0 Å². The van der Waals surface area contributed by atoms with Gasteiger partial charge in [0.15, 0.2) is 0 Å². The number of nitrogens with zero attached hydrogens (tertiary/aromatic N) is 1. The van der Waals surface area contributed by atoms with Gasteiger partial charge in [0.2, 0.25) is 5.91 Å². The average Bonchev–Trinajstić information content (AvgIpc) is 2.94. The molecule has 18 heavy (non-hydrogen) atoms. The molecule has 0 radical (unpaired) electrons. The number of hydrogen-bond donors (Lipinski definition) is 2. The lowest BCUT2D eigenvalue weighted by molar-refractivity contribution is -0.146. The van der Waals surface area contributed by atoms with Gasteiger partial charge in [0.1, 0.15) is 6.04 Å². The van der Waals surface area contributed by atoms with Crippen LogP contribution < -0.4 is 0 Å². The first kappa shape index (κ1) is 12.8. The summed E-state index contributed by atoms with van der Waals surface area (Å²) in [5.41, 5.74) is 0. The van der Waals surface area contributed by atoms with Crippen LogP contribution in [0.15, 0.2) is 23.6 Å². The number of β-amino-alcohol motifs (C(OH)–C–C–N with tert-alkyl or cyclic N) is 1. The first-order valence-electron chi connectivity index (χ1n) is 5.51. The second kappa shape index (κ2) is 5.32. The maximum atomic E-state index is 11.9. The van der Waals surface area contributed by atoms with E-state index < -0.39 is 18.1 Å². The number of carbonyl (C=O) groups excluding carboxylic acids is 1. The lowest BCUT2D eigenvalue weighted by Gasteiger charge is -2.19. The van der Waals surface area contributed by atoms with Crippen LogP contribution in [0.3, 0.4) is 0 Å². The monoisotopic (exact) mass is 267 g/mol. The fourth-order valence-electron chi connectivity index (χ4n) is 1.93. The Morgan fingerprint density at radius 3 is 2.89 bits per heavy atom. The maximum Gasteiger partial charge on any atom is 0.326 e. The van der Waals surface area contributed by atoms with Crippen LogP contribution in [0.1, 0.15) is 11.3 Å². The van der Waals surface area contributed by atoms with Gasteiger partial charge in [0, 0.05) is 23.9 Å². The van der Waals surface area contributed by atoms with Crippen molar-refractivity contribution in [2.45, 2.75) is 18.6 Å². The summed E-state index contributed by atoms with van der Waals surface area (Å²) in [7, 11) is 0. The summed E-state index contributed by atoms with van der Waals surface area (Å²) in [6.45, 7) is 0.0740. The smallest absolute Gasteiger partial charge is 0.326 e. The third-order valence-electron chi connectivity index (χ3n) is 2.78. The van der Waals surface area contributed by atoms with Gasteiger partial charge in [-0.2, -0.15) is 0 Å². The molecule has 96 valence electrons. The van der Waals surface area contributed by atoms with Gasteiger partial charge in [0.25, 0.3) is 0 Å². The molecule has 1 aliphatic heterocycles. The number of likely N-dealkylation sites (tertiary alicyclic amines) is 1.